The van der Waals surface area contributed by atoms with E-state index in [1.54, 1.807) is 12.1 Å². The third-order valence-electron chi connectivity index (χ3n) is 4.23. The number of rotatable bonds is 3. The van der Waals surface area contributed by atoms with Crippen LogP contribution in [0.1, 0.15) is 12.8 Å². The molecule has 8 nitrogen and oxygen atoms in total. The second kappa shape index (κ2) is 9.54. The van der Waals surface area contributed by atoms with E-state index >= 15 is 0 Å². The summed E-state index contributed by atoms with van der Waals surface area (Å²) in [5, 5.41) is 15.6. The van der Waals surface area contributed by atoms with Crippen molar-refractivity contribution in [3.05, 3.63) is 24.0 Å². The summed E-state index contributed by atoms with van der Waals surface area (Å²) in [4.78, 5) is 33.7. The van der Waals surface area contributed by atoms with Crippen LogP contribution < -0.4 is 20.9 Å². The number of carboxylic acid groups (broad SMARTS) is 1. The van der Waals surface area contributed by atoms with E-state index in [1.165, 1.54) is 6.07 Å². The van der Waals surface area contributed by atoms with Crippen molar-refractivity contribution in [1.29, 1.82) is 0 Å². The molecule has 0 aliphatic carbocycles. The second-order valence-corrected chi connectivity index (χ2v) is 6.35. The Kier molecular flexibility index (Phi) is 7.37. The number of carboxylic acids is 1. The zero-order chi connectivity index (χ0) is 21.6. The van der Waals surface area contributed by atoms with E-state index in [1.807, 2.05) is 4.90 Å². The van der Waals surface area contributed by atoms with Gasteiger partial charge in [-0.3, -0.25) is 14.9 Å². The van der Waals surface area contributed by atoms with Crippen molar-refractivity contribution >= 4 is 29.2 Å². The lowest BCUT2D eigenvalue weighted by Gasteiger charge is -2.30. The number of nitrogens with one attached hydrogen (secondary N) is 3. The summed E-state index contributed by atoms with van der Waals surface area (Å²) in [6.07, 6.45) is -4.36. The van der Waals surface area contributed by atoms with Gasteiger partial charge in [0.15, 0.2) is 0 Å². The normalized spacial score (nSPS) is 19.7. The number of imide groups is 1. The van der Waals surface area contributed by atoms with Crippen molar-refractivity contribution in [2.45, 2.75) is 25.1 Å². The number of piperazine rings is 1. The quantitative estimate of drug-likeness (QED) is 0.428. The van der Waals surface area contributed by atoms with Gasteiger partial charge in [-0.15, -0.1) is 0 Å². The molecule has 12 heteroatoms. The van der Waals surface area contributed by atoms with Crippen LogP contribution in [0.25, 0.3) is 0 Å². The molecule has 1 atom stereocenters. The third-order valence-corrected chi connectivity index (χ3v) is 4.23. The van der Waals surface area contributed by atoms with Gasteiger partial charge in [-0.2, -0.15) is 13.2 Å². The molecule has 0 bridgehead atoms. The SMILES string of the molecule is O=C(O)C(F)(F)F.O=C1CCC(Nc2ccc(N3CCNCC3)c(F)c2)C(=O)N1. The Morgan fingerprint density at radius 2 is 1.83 bits per heavy atom. The fourth-order valence-electron chi connectivity index (χ4n) is 2.79. The molecule has 1 unspecified atom stereocenters. The Hall–Kier alpha value is -2.89. The Morgan fingerprint density at radius 1 is 1.21 bits per heavy atom. The molecular weight excluding hydrogens is 400 g/mol. The number of hydrogen-bond donors (Lipinski definition) is 4. The van der Waals surface area contributed by atoms with Gasteiger partial charge in [0.05, 0.1) is 5.69 Å². The maximum absolute atomic E-state index is 14.3. The van der Waals surface area contributed by atoms with Crippen LogP contribution in [0.5, 0.6) is 0 Å². The molecule has 2 heterocycles. The number of amides is 2. The standard InChI is InChI=1S/C15H19FN4O2.C2HF3O2/c16-11-9-10(18-12-2-4-14(21)19-15(12)22)1-3-13(11)20-7-5-17-6-8-20;3-2(4,5)1(6)7/h1,3,9,12,17-18H,2,4-8H2,(H,19,21,22);(H,6,7). The molecule has 4 N–H and O–H groups in total. The van der Waals surface area contributed by atoms with Crippen molar-refractivity contribution in [1.82, 2.24) is 10.6 Å². The number of piperidine rings is 1. The highest BCUT2D eigenvalue weighted by Crippen LogP contribution is 2.24. The predicted octanol–water partition coefficient (Wildman–Crippen LogP) is 1.09. The lowest BCUT2D eigenvalue weighted by Crippen LogP contribution is -2.47. The van der Waals surface area contributed by atoms with Crippen molar-refractivity contribution in [2.24, 2.45) is 0 Å². The fourth-order valence-corrected chi connectivity index (χ4v) is 2.79. The number of halogens is 4. The Balaban J connectivity index is 0.000000370. The van der Waals surface area contributed by atoms with E-state index in [-0.39, 0.29) is 17.6 Å². The maximum atomic E-state index is 14.3. The minimum Gasteiger partial charge on any atom is -0.475 e. The third kappa shape index (κ3) is 6.59. The van der Waals surface area contributed by atoms with E-state index in [0.29, 0.717) is 24.2 Å². The van der Waals surface area contributed by atoms with Crippen LogP contribution in [-0.4, -0.2) is 61.3 Å². The van der Waals surface area contributed by atoms with E-state index in [4.69, 9.17) is 9.90 Å². The van der Waals surface area contributed by atoms with Crippen molar-refractivity contribution in [3.8, 4) is 0 Å². The van der Waals surface area contributed by atoms with Gasteiger partial charge in [0.1, 0.15) is 11.9 Å². The van der Waals surface area contributed by atoms with Gasteiger partial charge < -0.3 is 20.6 Å². The molecule has 0 saturated carbocycles. The number of nitrogens with zero attached hydrogens (tertiary/aromatic N) is 1. The molecule has 2 saturated heterocycles. The summed E-state index contributed by atoms with van der Waals surface area (Å²) in [6.45, 7) is 3.24. The maximum Gasteiger partial charge on any atom is 0.490 e. The number of benzene rings is 1. The Labute approximate surface area is 163 Å². The van der Waals surface area contributed by atoms with Gasteiger partial charge in [-0.05, 0) is 24.6 Å². The number of hydrogen-bond acceptors (Lipinski definition) is 6. The van der Waals surface area contributed by atoms with Gasteiger partial charge in [0, 0.05) is 38.3 Å². The molecule has 0 aromatic heterocycles. The lowest BCUT2D eigenvalue weighted by molar-refractivity contribution is -0.192. The highest BCUT2D eigenvalue weighted by molar-refractivity contribution is 6.01. The van der Waals surface area contributed by atoms with E-state index < -0.39 is 18.2 Å². The highest BCUT2D eigenvalue weighted by Gasteiger charge is 2.38. The minimum absolute atomic E-state index is 0.261. The Morgan fingerprint density at radius 3 is 2.34 bits per heavy atom. The molecule has 2 aliphatic heterocycles. The minimum atomic E-state index is -5.08. The number of carbonyl (C=O) groups excluding carboxylic acids is 2. The summed E-state index contributed by atoms with van der Waals surface area (Å²) in [5.74, 6) is -3.68. The van der Waals surface area contributed by atoms with Gasteiger partial charge in [0.2, 0.25) is 11.8 Å². The first-order chi connectivity index (χ1) is 13.6. The summed E-state index contributed by atoms with van der Waals surface area (Å²) in [5.41, 5.74) is 1.13. The largest absolute Gasteiger partial charge is 0.490 e. The average Bonchev–Trinajstić information content (AvgIpc) is 2.65. The summed E-state index contributed by atoms with van der Waals surface area (Å²) < 4.78 is 46.0. The van der Waals surface area contributed by atoms with Crippen LogP contribution in [-0.2, 0) is 14.4 Å². The molecular formula is C17H20F4N4O4. The monoisotopic (exact) mass is 420 g/mol. The van der Waals surface area contributed by atoms with Crippen LogP contribution in [0.15, 0.2) is 18.2 Å². The average molecular weight is 420 g/mol. The van der Waals surface area contributed by atoms with Crippen molar-refractivity contribution in [3.63, 3.8) is 0 Å². The molecule has 3 rings (SSSR count). The van der Waals surface area contributed by atoms with Gasteiger partial charge >= 0.3 is 12.1 Å². The molecule has 160 valence electrons. The van der Waals surface area contributed by atoms with Crippen LogP contribution in [0.2, 0.25) is 0 Å². The molecule has 2 fully saturated rings. The number of alkyl halides is 3. The molecule has 2 aliphatic rings. The fraction of sp³-hybridized carbons (Fsp3) is 0.471. The van der Waals surface area contributed by atoms with Crippen LogP contribution in [0.3, 0.4) is 0 Å². The van der Waals surface area contributed by atoms with Gasteiger partial charge in [0.25, 0.3) is 0 Å². The van der Waals surface area contributed by atoms with Crippen molar-refractivity contribution in [2.75, 3.05) is 36.4 Å². The second-order valence-electron chi connectivity index (χ2n) is 6.35. The van der Waals surface area contributed by atoms with Crippen molar-refractivity contribution < 1.29 is 37.1 Å². The van der Waals surface area contributed by atoms with Gasteiger partial charge in [-0.25, -0.2) is 9.18 Å². The zero-order valence-electron chi connectivity index (χ0n) is 15.2. The van der Waals surface area contributed by atoms with Crippen LogP contribution in [0, 0.1) is 5.82 Å². The molecule has 1 aromatic carbocycles. The number of anilines is 2. The summed E-state index contributed by atoms with van der Waals surface area (Å²) >= 11 is 0. The first-order valence-corrected chi connectivity index (χ1v) is 8.73. The summed E-state index contributed by atoms with van der Waals surface area (Å²) in [7, 11) is 0. The first-order valence-electron chi connectivity index (χ1n) is 8.73. The predicted molar refractivity (Wildman–Crippen MR) is 95.0 cm³/mol. The number of carbonyl (C=O) groups is 3. The smallest absolute Gasteiger partial charge is 0.475 e. The van der Waals surface area contributed by atoms with Crippen LogP contribution in [0.4, 0.5) is 28.9 Å². The molecule has 1 aromatic rings. The first kappa shape index (κ1) is 22.4. The highest BCUT2D eigenvalue weighted by atomic mass is 19.4. The van der Waals surface area contributed by atoms with Crippen LogP contribution >= 0.6 is 0 Å². The molecule has 0 radical (unpaired) electrons. The number of aliphatic carboxylic acids is 1. The lowest BCUT2D eigenvalue weighted by atomic mass is 10.1. The molecule has 29 heavy (non-hydrogen) atoms. The molecule has 0 spiro atoms. The van der Waals surface area contributed by atoms with E-state index in [0.717, 1.165) is 26.2 Å². The Bertz CT molecular complexity index is 766. The summed E-state index contributed by atoms with van der Waals surface area (Å²) in [6, 6.07) is 4.40. The van der Waals surface area contributed by atoms with Gasteiger partial charge in [-0.1, -0.05) is 0 Å². The van der Waals surface area contributed by atoms with E-state index in [9.17, 15) is 27.2 Å². The topological polar surface area (TPSA) is 111 Å². The molecule has 2 amide bonds. The zero-order valence-corrected chi connectivity index (χ0v) is 15.2. The van der Waals surface area contributed by atoms with E-state index in [2.05, 4.69) is 16.0 Å².